The molecule has 108 valence electrons. The maximum absolute atomic E-state index is 8.96. The Labute approximate surface area is 119 Å². The van der Waals surface area contributed by atoms with Crippen molar-refractivity contribution in [1.82, 2.24) is 5.16 Å². The monoisotopic (exact) mass is 275 g/mol. The lowest BCUT2D eigenvalue weighted by molar-refractivity contribution is 0.267. The van der Waals surface area contributed by atoms with Gasteiger partial charge in [0.1, 0.15) is 11.4 Å². The highest BCUT2D eigenvalue weighted by Gasteiger charge is 2.06. The second kappa shape index (κ2) is 7.70. The van der Waals surface area contributed by atoms with Gasteiger partial charge in [0, 0.05) is 11.6 Å². The molecule has 1 N–H and O–H groups in total. The molecule has 4 nitrogen and oxygen atoms in total. The quantitative estimate of drug-likeness (QED) is 0.745. The number of hydrogen-bond donors (Lipinski definition) is 1. The van der Waals surface area contributed by atoms with Crippen molar-refractivity contribution in [3.05, 3.63) is 36.0 Å². The highest BCUT2D eigenvalue weighted by atomic mass is 16.5. The summed E-state index contributed by atoms with van der Waals surface area (Å²) in [5.74, 6) is 1.52. The molecule has 1 heterocycles. The summed E-state index contributed by atoms with van der Waals surface area (Å²) in [6, 6.07) is 9.46. The van der Waals surface area contributed by atoms with Crippen molar-refractivity contribution in [2.45, 2.75) is 39.2 Å². The van der Waals surface area contributed by atoms with E-state index in [1.165, 1.54) is 19.3 Å². The van der Waals surface area contributed by atoms with Crippen molar-refractivity contribution in [2.24, 2.45) is 0 Å². The number of rotatable bonds is 8. The van der Waals surface area contributed by atoms with Gasteiger partial charge in [0.2, 0.25) is 0 Å². The van der Waals surface area contributed by atoms with Gasteiger partial charge in [-0.2, -0.15) is 0 Å². The molecule has 0 fully saturated rings. The molecular formula is C16H21NO3. The molecule has 2 rings (SSSR count). The first-order chi connectivity index (χ1) is 9.83. The van der Waals surface area contributed by atoms with E-state index in [1.807, 2.05) is 24.3 Å². The Hall–Kier alpha value is -1.81. The summed E-state index contributed by atoms with van der Waals surface area (Å²) < 4.78 is 10.8. The highest BCUT2D eigenvalue weighted by molar-refractivity contribution is 5.58. The van der Waals surface area contributed by atoms with Crippen LogP contribution in [0.2, 0.25) is 0 Å². The fraction of sp³-hybridized carbons (Fsp3) is 0.438. The van der Waals surface area contributed by atoms with Gasteiger partial charge < -0.3 is 14.4 Å². The number of nitrogens with zero attached hydrogens (tertiary/aromatic N) is 1. The summed E-state index contributed by atoms with van der Waals surface area (Å²) >= 11 is 0. The first-order valence-corrected chi connectivity index (χ1v) is 7.13. The maximum atomic E-state index is 8.96. The molecular weight excluding hydrogens is 254 g/mol. The third-order valence-electron chi connectivity index (χ3n) is 3.13. The average Bonchev–Trinajstić information content (AvgIpc) is 2.97. The Kier molecular flexibility index (Phi) is 5.62. The summed E-state index contributed by atoms with van der Waals surface area (Å²) in [6.45, 7) is 2.85. The SMILES string of the molecule is CCCCCCOc1ccc(-c2cc(CO)no2)cc1. The molecule has 1 aromatic carbocycles. The zero-order chi connectivity index (χ0) is 14.2. The van der Waals surface area contributed by atoms with Crippen LogP contribution in [0.1, 0.15) is 38.3 Å². The van der Waals surface area contributed by atoms with E-state index in [4.69, 9.17) is 14.4 Å². The Morgan fingerprint density at radius 2 is 1.95 bits per heavy atom. The van der Waals surface area contributed by atoms with Crippen LogP contribution >= 0.6 is 0 Å². The Morgan fingerprint density at radius 1 is 1.15 bits per heavy atom. The van der Waals surface area contributed by atoms with E-state index >= 15 is 0 Å². The van der Waals surface area contributed by atoms with Crippen molar-refractivity contribution in [2.75, 3.05) is 6.61 Å². The van der Waals surface area contributed by atoms with E-state index < -0.39 is 0 Å². The smallest absolute Gasteiger partial charge is 0.167 e. The van der Waals surface area contributed by atoms with Crippen LogP contribution in [0.25, 0.3) is 11.3 Å². The van der Waals surface area contributed by atoms with Gasteiger partial charge in [0.15, 0.2) is 5.76 Å². The lowest BCUT2D eigenvalue weighted by Gasteiger charge is -2.06. The molecule has 2 aromatic rings. The molecule has 0 amide bonds. The van der Waals surface area contributed by atoms with E-state index in [1.54, 1.807) is 6.07 Å². The molecule has 0 atom stereocenters. The number of aliphatic hydroxyl groups is 1. The number of hydrogen-bond acceptors (Lipinski definition) is 4. The molecule has 0 saturated carbocycles. The normalized spacial score (nSPS) is 10.7. The molecule has 0 saturated heterocycles. The molecule has 0 aliphatic heterocycles. The fourth-order valence-electron chi connectivity index (χ4n) is 1.96. The molecule has 0 unspecified atom stereocenters. The van der Waals surface area contributed by atoms with Gasteiger partial charge in [-0.25, -0.2) is 0 Å². The molecule has 0 bridgehead atoms. The Bertz CT molecular complexity index is 505. The minimum atomic E-state index is -0.109. The van der Waals surface area contributed by atoms with E-state index in [2.05, 4.69) is 12.1 Å². The Balaban J connectivity index is 1.86. The summed E-state index contributed by atoms with van der Waals surface area (Å²) in [5, 5.41) is 12.7. The number of unbranched alkanes of at least 4 members (excludes halogenated alkanes) is 3. The molecule has 20 heavy (non-hydrogen) atoms. The average molecular weight is 275 g/mol. The van der Waals surface area contributed by atoms with Gasteiger partial charge in [0.25, 0.3) is 0 Å². The third-order valence-corrected chi connectivity index (χ3v) is 3.13. The maximum Gasteiger partial charge on any atom is 0.167 e. The predicted octanol–water partition coefficient (Wildman–Crippen LogP) is 3.79. The van der Waals surface area contributed by atoms with Crippen molar-refractivity contribution in [3.63, 3.8) is 0 Å². The molecule has 0 aliphatic rings. The first kappa shape index (κ1) is 14.6. The highest BCUT2D eigenvalue weighted by Crippen LogP contribution is 2.23. The van der Waals surface area contributed by atoms with Gasteiger partial charge in [-0.15, -0.1) is 0 Å². The predicted molar refractivity (Wildman–Crippen MR) is 77.5 cm³/mol. The third kappa shape index (κ3) is 4.10. The topological polar surface area (TPSA) is 55.5 Å². The second-order valence-electron chi connectivity index (χ2n) is 4.77. The van der Waals surface area contributed by atoms with Crippen LogP contribution in [-0.2, 0) is 6.61 Å². The second-order valence-corrected chi connectivity index (χ2v) is 4.77. The molecule has 4 heteroatoms. The molecule has 0 aliphatic carbocycles. The van der Waals surface area contributed by atoms with Crippen molar-refractivity contribution in [3.8, 4) is 17.1 Å². The van der Waals surface area contributed by atoms with E-state index in [0.717, 1.165) is 24.3 Å². The minimum Gasteiger partial charge on any atom is -0.494 e. The lowest BCUT2D eigenvalue weighted by atomic mass is 10.1. The molecule has 1 aromatic heterocycles. The van der Waals surface area contributed by atoms with Crippen LogP contribution in [-0.4, -0.2) is 16.9 Å². The van der Waals surface area contributed by atoms with E-state index in [-0.39, 0.29) is 6.61 Å². The number of aromatic nitrogens is 1. The van der Waals surface area contributed by atoms with Crippen LogP contribution in [0.4, 0.5) is 0 Å². The summed E-state index contributed by atoms with van der Waals surface area (Å²) in [5.41, 5.74) is 1.46. The number of ether oxygens (including phenoxy) is 1. The van der Waals surface area contributed by atoms with Crippen molar-refractivity contribution in [1.29, 1.82) is 0 Å². The fourth-order valence-corrected chi connectivity index (χ4v) is 1.96. The minimum absolute atomic E-state index is 0.109. The summed E-state index contributed by atoms with van der Waals surface area (Å²) in [7, 11) is 0. The van der Waals surface area contributed by atoms with Crippen LogP contribution in [0, 0.1) is 0 Å². The van der Waals surface area contributed by atoms with Crippen LogP contribution in [0.3, 0.4) is 0 Å². The van der Waals surface area contributed by atoms with Gasteiger partial charge >= 0.3 is 0 Å². The lowest BCUT2D eigenvalue weighted by Crippen LogP contribution is -1.96. The zero-order valence-electron chi connectivity index (χ0n) is 11.8. The van der Waals surface area contributed by atoms with Crippen molar-refractivity contribution >= 4 is 0 Å². The number of benzene rings is 1. The Morgan fingerprint density at radius 3 is 2.60 bits per heavy atom. The van der Waals surface area contributed by atoms with Gasteiger partial charge in [-0.05, 0) is 30.7 Å². The molecule has 0 radical (unpaired) electrons. The van der Waals surface area contributed by atoms with Crippen molar-refractivity contribution < 1.29 is 14.4 Å². The van der Waals surface area contributed by atoms with E-state index in [0.29, 0.717) is 11.5 Å². The standard InChI is InChI=1S/C16H21NO3/c1-2-3-4-5-10-19-15-8-6-13(7-9-15)16-11-14(12-18)17-20-16/h6-9,11,18H,2-5,10,12H2,1H3. The number of aliphatic hydroxyl groups excluding tert-OH is 1. The zero-order valence-corrected chi connectivity index (χ0v) is 11.8. The van der Waals surface area contributed by atoms with Gasteiger partial charge in [-0.1, -0.05) is 31.3 Å². The van der Waals surface area contributed by atoms with E-state index in [9.17, 15) is 0 Å². The van der Waals surface area contributed by atoms with Gasteiger partial charge in [0.05, 0.1) is 13.2 Å². The van der Waals surface area contributed by atoms with Crippen LogP contribution in [0.5, 0.6) is 5.75 Å². The first-order valence-electron chi connectivity index (χ1n) is 7.13. The van der Waals surface area contributed by atoms with Crippen LogP contribution in [0.15, 0.2) is 34.9 Å². The van der Waals surface area contributed by atoms with Crippen LogP contribution < -0.4 is 4.74 Å². The molecule has 0 spiro atoms. The summed E-state index contributed by atoms with van der Waals surface area (Å²) in [6.07, 6.45) is 4.82. The van der Waals surface area contributed by atoms with Gasteiger partial charge in [-0.3, -0.25) is 0 Å². The largest absolute Gasteiger partial charge is 0.494 e. The summed E-state index contributed by atoms with van der Waals surface area (Å²) in [4.78, 5) is 0.